The third-order valence-electron chi connectivity index (χ3n) is 1.84. The highest BCUT2D eigenvalue weighted by Gasteiger charge is 2.26. The molecule has 7 nitrogen and oxygen atoms in total. The Morgan fingerprint density at radius 1 is 1.50 bits per heavy atom. The van der Waals surface area contributed by atoms with Crippen molar-refractivity contribution in [1.82, 2.24) is 4.98 Å². The minimum absolute atomic E-state index is 0.118. The molecule has 2 rings (SSSR count). The Bertz CT molecular complexity index is 579. The summed E-state index contributed by atoms with van der Waals surface area (Å²) in [5.41, 5.74) is 0.244. The smallest absolute Gasteiger partial charge is 0.311 e. The SMILES string of the molecule is O=C(O)CC1=NS(=O)(=O)c2ncccc2N1. The van der Waals surface area contributed by atoms with E-state index >= 15 is 0 Å². The van der Waals surface area contributed by atoms with Gasteiger partial charge in [0.05, 0.1) is 5.69 Å². The molecule has 0 saturated heterocycles. The maximum Gasteiger partial charge on any atom is 0.311 e. The van der Waals surface area contributed by atoms with Crippen molar-refractivity contribution in [3.8, 4) is 0 Å². The van der Waals surface area contributed by atoms with Crippen LogP contribution in [0.1, 0.15) is 6.42 Å². The molecule has 0 aromatic carbocycles. The summed E-state index contributed by atoms with van der Waals surface area (Å²) in [7, 11) is -3.89. The predicted octanol–water partition coefficient (Wildman–Crippen LogP) is 0.0690. The van der Waals surface area contributed by atoms with Crippen molar-refractivity contribution in [1.29, 1.82) is 0 Å². The molecule has 1 aliphatic rings. The highest BCUT2D eigenvalue weighted by Crippen LogP contribution is 2.24. The van der Waals surface area contributed by atoms with Crippen molar-refractivity contribution in [2.24, 2.45) is 4.40 Å². The molecule has 16 heavy (non-hydrogen) atoms. The number of aliphatic carboxylic acids is 1. The Labute approximate surface area is 90.9 Å². The lowest BCUT2D eigenvalue weighted by atomic mass is 10.3. The zero-order valence-electron chi connectivity index (χ0n) is 7.91. The van der Waals surface area contributed by atoms with E-state index < -0.39 is 22.4 Å². The average molecular weight is 241 g/mol. The molecular formula is C8H7N3O4S. The third-order valence-corrected chi connectivity index (χ3v) is 3.12. The molecular weight excluding hydrogens is 234 g/mol. The molecule has 8 heteroatoms. The van der Waals surface area contributed by atoms with E-state index in [1.165, 1.54) is 12.3 Å². The van der Waals surface area contributed by atoms with Crippen LogP contribution in [0.15, 0.2) is 27.8 Å². The average Bonchev–Trinajstić information content (AvgIpc) is 2.15. The van der Waals surface area contributed by atoms with Crippen LogP contribution in [-0.2, 0) is 14.8 Å². The molecule has 2 N–H and O–H groups in total. The molecule has 1 aromatic rings. The van der Waals surface area contributed by atoms with Gasteiger partial charge in [0, 0.05) is 6.20 Å². The van der Waals surface area contributed by atoms with Crippen LogP contribution >= 0.6 is 0 Å². The molecule has 84 valence electrons. The number of amidine groups is 1. The summed E-state index contributed by atoms with van der Waals surface area (Å²) in [5, 5.41) is 11.0. The lowest BCUT2D eigenvalue weighted by Gasteiger charge is -2.15. The highest BCUT2D eigenvalue weighted by atomic mass is 32.2. The highest BCUT2D eigenvalue weighted by molar-refractivity contribution is 7.90. The van der Waals surface area contributed by atoms with Gasteiger partial charge < -0.3 is 10.4 Å². The summed E-state index contributed by atoms with van der Waals surface area (Å²) in [4.78, 5) is 14.1. The fourth-order valence-corrected chi connectivity index (χ4v) is 2.36. The Kier molecular flexibility index (Phi) is 2.35. The van der Waals surface area contributed by atoms with Gasteiger partial charge in [0.25, 0.3) is 0 Å². The summed E-state index contributed by atoms with van der Waals surface area (Å²) >= 11 is 0. The van der Waals surface area contributed by atoms with Crippen LogP contribution in [0.2, 0.25) is 0 Å². The van der Waals surface area contributed by atoms with Crippen LogP contribution in [0.4, 0.5) is 5.69 Å². The normalized spacial score (nSPS) is 16.9. The van der Waals surface area contributed by atoms with Crippen molar-refractivity contribution >= 4 is 27.5 Å². The van der Waals surface area contributed by atoms with Gasteiger partial charge in [-0.1, -0.05) is 0 Å². The Morgan fingerprint density at radius 2 is 2.25 bits per heavy atom. The first-order valence-electron chi connectivity index (χ1n) is 4.27. The predicted molar refractivity (Wildman–Crippen MR) is 54.7 cm³/mol. The van der Waals surface area contributed by atoms with E-state index in [-0.39, 0.29) is 16.5 Å². The number of fused-ring (bicyclic) bond motifs is 1. The van der Waals surface area contributed by atoms with Crippen molar-refractivity contribution in [2.45, 2.75) is 11.4 Å². The number of sulfonamides is 1. The minimum Gasteiger partial charge on any atom is -0.481 e. The zero-order valence-corrected chi connectivity index (χ0v) is 8.73. The first kappa shape index (κ1) is 10.6. The summed E-state index contributed by atoms with van der Waals surface area (Å²) in [5.74, 6) is -1.28. The molecule has 1 aromatic heterocycles. The lowest BCUT2D eigenvalue weighted by Crippen LogP contribution is -2.24. The Balaban J connectivity index is 2.48. The van der Waals surface area contributed by atoms with Gasteiger partial charge in [-0.3, -0.25) is 4.79 Å². The maximum atomic E-state index is 11.6. The molecule has 0 aliphatic carbocycles. The number of hydrogen-bond donors (Lipinski definition) is 2. The number of hydrogen-bond acceptors (Lipinski definition) is 5. The molecule has 0 spiro atoms. The fourth-order valence-electron chi connectivity index (χ4n) is 1.28. The van der Waals surface area contributed by atoms with E-state index in [0.29, 0.717) is 0 Å². The number of carboxylic acid groups (broad SMARTS) is 1. The maximum absolute atomic E-state index is 11.6. The van der Waals surface area contributed by atoms with E-state index in [0.717, 1.165) is 0 Å². The summed E-state index contributed by atoms with van der Waals surface area (Å²) < 4.78 is 26.5. The number of aromatic nitrogens is 1. The van der Waals surface area contributed by atoms with Gasteiger partial charge in [0.15, 0.2) is 0 Å². The Hall–Kier alpha value is -1.96. The first-order valence-corrected chi connectivity index (χ1v) is 5.71. The van der Waals surface area contributed by atoms with Crippen molar-refractivity contribution in [3.63, 3.8) is 0 Å². The van der Waals surface area contributed by atoms with Gasteiger partial charge in [-0.2, -0.15) is 8.42 Å². The number of anilines is 1. The van der Waals surface area contributed by atoms with Crippen LogP contribution in [0.3, 0.4) is 0 Å². The monoisotopic (exact) mass is 241 g/mol. The molecule has 0 atom stereocenters. The molecule has 0 radical (unpaired) electrons. The van der Waals surface area contributed by atoms with Gasteiger partial charge in [-0.05, 0) is 12.1 Å². The second kappa shape index (κ2) is 3.56. The van der Waals surface area contributed by atoms with E-state index in [2.05, 4.69) is 14.7 Å². The van der Waals surface area contributed by atoms with Gasteiger partial charge in [-0.15, -0.1) is 4.40 Å². The zero-order chi connectivity index (χ0) is 11.8. The van der Waals surface area contributed by atoms with Gasteiger partial charge >= 0.3 is 16.0 Å². The van der Waals surface area contributed by atoms with E-state index in [4.69, 9.17) is 5.11 Å². The molecule has 0 bridgehead atoms. The van der Waals surface area contributed by atoms with Gasteiger partial charge in [-0.25, -0.2) is 4.98 Å². The summed E-state index contributed by atoms with van der Waals surface area (Å²) in [6, 6.07) is 3.04. The standard InChI is InChI=1S/C8H7N3O4S/c12-7(13)4-6-10-5-2-1-3-9-8(5)16(14,15)11-6/h1-3H,4H2,(H,10,11)(H,12,13). The topological polar surface area (TPSA) is 109 Å². The second-order valence-corrected chi connectivity index (χ2v) is 4.58. The summed E-state index contributed by atoms with van der Waals surface area (Å²) in [6.45, 7) is 0. The molecule has 2 heterocycles. The van der Waals surface area contributed by atoms with Crippen molar-refractivity contribution in [3.05, 3.63) is 18.3 Å². The van der Waals surface area contributed by atoms with Gasteiger partial charge in [0.1, 0.15) is 12.3 Å². The Morgan fingerprint density at radius 3 is 2.94 bits per heavy atom. The van der Waals surface area contributed by atoms with E-state index in [1.807, 2.05) is 0 Å². The molecule has 0 saturated carbocycles. The third kappa shape index (κ3) is 1.87. The number of nitrogens with one attached hydrogen (secondary N) is 1. The quantitative estimate of drug-likeness (QED) is 0.758. The molecule has 0 unspecified atom stereocenters. The number of carbonyl (C=O) groups is 1. The lowest BCUT2D eigenvalue weighted by molar-refractivity contribution is -0.135. The minimum atomic E-state index is -3.89. The molecule has 1 aliphatic heterocycles. The van der Waals surface area contributed by atoms with Crippen molar-refractivity contribution in [2.75, 3.05) is 5.32 Å². The van der Waals surface area contributed by atoms with Gasteiger partial charge in [0.2, 0.25) is 5.03 Å². The fraction of sp³-hybridized carbons (Fsp3) is 0.125. The number of nitrogens with zero attached hydrogens (tertiary/aromatic N) is 2. The van der Waals surface area contributed by atoms with Crippen molar-refractivity contribution < 1.29 is 18.3 Å². The second-order valence-electron chi connectivity index (χ2n) is 3.06. The molecule has 0 amide bonds. The van der Waals surface area contributed by atoms with Crippen LogP contribution in [0.5, 0.6) is 0 Å². The van der Waals surface area contributed by atoms with Crippen LogP contribution in [-0.4, -0.2) is 30.3 Å². The molecule has 0 fully saturated rings. The van der Waals surface area contributed by atoms with Crippen LogP contribution < -0.4 is 5.32 Å². The first-order chi connectivity index (χ1) is 7.49. The van der Waals surface area contributed by atoms with E-state index in [1.54, 1.807) is 6.07 Å². The number of pyridine rings is 1. The summed E-state index contributed by atoms with van der Waals surface area (Å²) in [6.07, 6.45) is 0.851. The number of rotatable bonds is 2. The van der Waals surface area contributed by atoms with Crippen LogP contribution in [0, 0.1) is 0 Å². The number of carboxylic acids is 1. The largest absolute Gasteiger partial charge is 0.481 e. The van der Waals surface area contributed by atoms with E-state index in [9.17, 15) is 13.2 Å². The van der Waals surface area contributed by atoms with Crippen LogP contribution in [0.25, 0.3) is 0 Å².